The third-order valence-corrected chi connectivity index (χ3v) is 7.06. The fourth-order valence-electron chi connectivity index (χ4n) is 4.76. The van der Waals surface area contributed by atoms with Gasteiger partial charge in [0.2, 0.25) is 0 Å². The van der Waals surface area contributed by atoms with Crippen LogP contribution in [-0.4, -0.2) is 18.3 Å². The lowest BCUT2D eigenvalue weighted by atomic mass is 9.84. The first kappa shape index (κ1) is 25.4. The van der Waals surface area contributed by atoms with Crippen LogP contribution in [0, 0.1) is 17.2 Å². The van der Waals surface area contributed by atoms with E-state index in [0.29, 0.717) is 18.2 Å². The summed E-state index contributed by atoms with van der Waals surface area (Å²) in [6, 6.07) is 28.4. The summed E-state index contributed by atoms with van der Waals surface area (Å²) in [5, 5.41) is 9.85. The molecular weight excluding hydrogens is 458 g/mol. The van der Waals surface area contributed by atoms with Crippen LogP contribution >= 0.6 is 11.6 Å². The molecule has 0 spiro atoms. The number of benzene rings is 3. The average molecular weight is 490 g/mol. The Morgan fingerprint density at radius 2 is 1.49 bits per heavy atom. The van der Waals surface area contributed by atoms with Gasteiger partial charge in [0.15, 0.2) is 0 Å². The average Bonchev–Trinajstić information content (AvgIpc) is 2.89. The second kappa shape index (κ2) is 12.3. The highest BCUT2D eigenvalue weighted by Gasteiger charge is 2.45. The van der Waals surface area contributed by atoms with Crippen LogP contribution in [0.15, 0.2) is 78.9 Å². The topological polar surface area (TPSA) is 51.5 Å². The number of nitrogens with zero attached hydrogens (tertiary/aromatic N) is 1. The first-order valence-corrected chi connectivity index (χ1v) is 12.6. The smallest absolute Gasteiger partial charge is 0.115 e. The van der Waals surface area contributed by atoms with Crippen molar-refractivity contribution in [1.29, 1.82) is 5.26 Å². The molecule has 5 heteroatoms. The second-order valence-electron chi connectivity index (χ2n) is 9.07. The van der Waals surface area contributed by atoms with E-state index in [1.54, 1.807) is 0 Å². The number of halogens is 1. The van der Waals surface area contributed by atoms with E-state index in [1.807, 2.05) is 54.6 Å². The van der Waals surface area contributed by atoms with Gasteiger partial charge in [-0.25, -0.2) is 0 Å². The summed E-state index contributed by atoms with van der Waals surface area (Å²) in [6.45, 7) is 5.28. The number of rotatable bonds is 9. The first-order chi connectivity index (χ1) is 17.1. The van der Waals surface area contributed by atoms with Crippen LogP contribution < -0.4 is 0 Å². The Hall–Kier alpha value is -2.68. The van der Waals surface area contributed by atoms with Crippen LogP contribution in [0.3, 0.4) is 0 Å². The van der Waals surface area contributed by atoms with Crippen molar-refractivity contribution in [2.24, 2.45) is 5.92 Å². The summed E-state index contributed by atoms with van der Waals surface area (Å²) >= 11 is 6.37. The Kier molecular flexibility index (Phi) is 8.95. The zero-order chi connectivity index (χ0) is 24.6. The van der Waals surface area contributed by atoms with E-state index in [9.17, 15) is 5.26 Å². The Bertz CT molecular complexity index is 1120. The van der Waals surface area contributed by atoms with Gasteiger partial charge in [-0.15, -0.1) is 0 Å². The van der Waals surface area contributed by atoms with Crippen molar-refractivity contribution >= 4 is 11.6 Å². The van der Waals surface area contributed by atoms with Crippen molar-refractivity contribution in [3.05, 3.63) is 106 Å². The molecule has 0 saturated carbocycles. The molecule has 4 rings (SSSR count). The summed E-state index contributed by atoms with van der Waals surface area (Å²) in [7, 11) is 0. The maximum Gasteiger partial charge on any atom is 0.115 e. The fourth-order valence-corrected chi connectivity index (χ4v) is 4.95. The maximum atomic E-state index is 9.26. The standard InChI is InChI=1S/C30H32ClNO3/c1-3-27-21(2)28(33-19-22-10-6-4-7-11-22)30(34-20-23-12-8-5-9-13-23)29(35-27)25-14-15-26(31)24(18-25)16-17-32/h4-15,18,21,27-30H,3,16,19-20H2,1-2H3/t21-,27-,28+,29?,30-/m1/s1. The number of nitriles is 1. The first-order valence-electron chi connectivity index (χ1n) is 12.2. The molecule has 1 aliphatic heterocycles. The Balaban J connectivity index is 1.66. The molecule has 3 aromatic carbocycles. The van der Waals surface area contributed by atoms with Gasteiger partial charge in [0.25, 0.3) is 0 Å². The molecule has 1 fully saturated rings. The number of hydrogen-bond acceptors (Lipinski definition) is 4. The fraction of sp³-hybridized carbons (Fsp3) is 0.367. The largest absolute Gasteiger partial charge is 0.370 e. The van der Waals surface area contributed by atoms with E-state index in [-0.39, 0.29) is 36.8 Å². The highest BCUT2D eigenvalue weighted by Crippen LogP contribution is 2.41. The highest BCUT2D eigenvalue weighted by molar-refractivity contribution is 6.31. The van der Waals surface area contributed by atoms with E-state index >= 15 is 0 Å². The van der Waals surface area contributed by atoms with Gasteiger partial charge in [-0.05, 0) is 34.7 Å². The van der Waals surface area contributed by atoms with Gasteiger partial charge in [-0.2, -0.15) is 5.26 Å². The summed E-state index contributed by atoms with van der Waals surface area (Å²) in [6.07, 6.45) is 0.303. The Morgan fingerprint density at radius 3 is 2.06 bits per heavy atom. The molecule has 182 valence electrons. The third-order valence-electron chi connectivity index (χ3n) is 6.69. The normalized spacial score (nSPS) is 24.1. The van der Waals surface area contributed by atoms with Crippen molar-refractivity contribution in [1.82, 2.24) is 0 Å². The van der Waals surface area contributed by atoms with Crippen molar-refractivity contribution in [3.63, 3.8) is 0 Å². The van der Waals surface area contributed by atoms with Crippen LogP contribution in [0.25, 0.3) is 0 Å². The third kappa shape index (κ3) is 6.31. The zero-order valence-corrected chi connectivity index (χ0v) is 21.0. The minimum Gasteiger partial charge on any atom is -0.370 e. The second-order valence-corrected chi connectivity index (χ2v) is 9.48. The molecule has 4 nitrogen and oxygen atoms in total. The zero-order valence-electron chi connectivity index (χ0n) is 20.3. The van der Waals surface area contributed by atoms with Gasteiger partial charge in [0, 0.05) is 10.9 Å². The van der Waals surface area contributed by atoms with Crippen molar-refractivity contribution < 1.29 is 14.2 Å². The van der Waals surface area contributed by atoms with Crippen molar-refractivity contribution in [2.45, 2.75) is 64.3 Å². The number of hydrogen-bond donors (Lipinski definition) is 0. The van der Waals surface area contributed by atoms with E-state index in [2.05, 4.69) is 44.2 Å². The molecule has 0 aromatic heterocycles. The molecule has 0 amide bonds. The molecule has 5 atom stereocenters. The van der Waals surface area contributed by atoms with E-state index in [1.165, 1.54) is 0 Å². The summed E-state index contributed by atoms with van der Waals surface area (Å²) in [4.78, 5) is 0. The van der Waals surface area contributed by atoms with Gasteiger partial charge in [-0.1, -0.05) is 98.2 Å². The molecule has 3 aromatic rings. The lowest BCUT2D eigenvalue weighted by Crippen LogP contribution is -2.51. The monoisotopic (exact) mass is 489 g/mol. The molecule has 0 bridgehead atoms. The van der Waals surface area contributed by atoms with E-state index in [4.69, 9.17) is 25.8 Å². The molecule has 0 radical (unpaired) electrons. The van der Waals surface area contributed by atoms with E-state index < -0.39 is 0 Å². The van der Waals surface area contributed by atoms with Gasteiger partial charge >= 0.3 is 0 Å². The lowest BCUT2D eigenvalue weighted by Gasteiger charge is -2.46. The van der Waals surface area contributed by atoms with Crippen LogP contribution in [0.1, 0.15) is 48.6 Å². The van der Waals surface area contributed by atoms with Crippen LogP contribution in [0.5, 0.6) is 0 Å². The predicted octanol–water partition coefficient (Wildman–Crippen LogP) is 7.06. The van der Waals surface area contributed by atoms with Crippen molar-refractivity contribution in [2.75, 3.05) is 0 Å². The van der Waals surface area contributed by atoms with Crippen LogP contribution in [0.2, 0.25) is 5.02 Å². The molecule has 1 aliphatic rings. The molecule has 1 saturated heterocycles. The van der Waals surface area contributed by atoms with Crippen LogP contribution in [-0.2, 0) is 33.8 Å². The summed E-state index contributed by atoms with van der Waals surface area (Å²) in [5.74, 6) is 0.145. The predicted molar refractivity (Wildman–Crippen MR) is 138 cm³/mol. The summed E-state index contributed by atoms with van der Waals surface area (Å²) < 4.78 is 19.8. The molecule has 35 heavy (non-hydrogen) atoms. The minimum absolute atomic E-state index is 0.0208. The van der Waals surface area contributed by atoms with Crippen molar-refractivity contribution in [3.8, 4) is 6.07 Å². The van der Waals surface area contributed by atoms with Gasteiger partial charge in [0.1, 0.15) is 12.2 Å². The van der Waals surface area contributed by atoms with Crippen LogP contribution in [0.4, 0.5) is 0 Å². The molecule has 1 unspecified atom stereocenters. The van der Waals surface area contributed by atoms with Gasteiger partial charge in [-0.3, -0.25) is 0 Å². The highest BCUT2D eigenvalue weighted by atomic mass is 35.5. The Morgan fingerprint density at radius 1 is 0.886 bits per heavy atom. The quantitative estimate of drug-likeness (QED) is 0.322. The molecular formula is C30H32ClNO3. The van der Waals surface area contributed by atoms with Gasteiger partial charge < -0.3 is 14.2 Å². The molecule has 1 heterocycles. The molecule has 0 N–H and O–H groups in total. The minimum atomic E-state index is -0.338. The summed E-state index contributed by atoms with van der Waals surface area (Å²) in [5.41, 5.74) is 3.97. The lowest BCUT2D eigenvalue weighted by molar-refractivity contribution is -0.234. The molecule has 0 aliphatic carbocycles. The number of ether oxygens (including phenoxy) is 3. The van der Waals surface area contributed by atoms with E-state index in [0.717, 1.165) is 28.7 Å². The van der Waals surface area contributed by atoms with Gasteiger partial charge in [0.05, 0.1) is 37.9 Å². The maximum absolute atomic E-state index is 9.26. The Labute approximate surface area is 213 Å². The SMILES string of the molecule is CC[C@H]1OC(c2ccc(Cl)c(CC#N)c2)[C@H](OCc2ccccc2)[C@@H](OCc2ccccc2)[C@@H]1C.